The van der Waals surface area contributed by atoms with Crippen LogP contribution in [0.1, 0.15) is 47.5 Å². The van der Waals surface area contributed by atoms with Gasteiger partial charge in [-0.05, 0) is 46.8 Å². The van der Waals surface area contributed by atoms with Gasteiger partial charge in [-0.3, -0.25) is 4.79 Å². The summed E-state index contributed by atoms with van der Waals surface area (Å²) in [4.78, 5) is 16.4. The van der Waals surface area contributed by atoms with Crippen LogP contribution in [0.15, 0.2) is 28.6 Å². The van der Waals surface area contributed by atoms with Gasteiger partial charge < -0.3 is 14.2 Å². The summed E-state index contributed by atoms with van der Waals surface area (Å²) >= 11 is 1.15. The van der Waals surface area contributed by atoms with Gasteiger partial charge in [-0.2, -0.15) is 0 Å². The summed E-state index contributed by atoms with van der Waals surface area (Å²) < 4.78 is 43.8. The number of carbonyl (C=O) groups is 1. The summed E-state index contributed by atoms with van der Waals surface area (Å²) in [5.74, 6) is -1.60. The van der Waals surface area contributed by atoms with Crippen molar-refractivity contribution in [1.82, 2.24) is 4.98 Å². The molecule has 0 bridgehead atoms. The molecule has 0 aliphatic carbocycles. The molecule has 1 aliphatic heterocycles. The third-order valence-corrected chi connectivity index (χ3v) is 7.46. The number of thiazole rings is 1. The van der Waals surface area contributed by atoms with Crippen molar-refractivity contribution >= 4 is 37.4 Å². The molecular weight excluding hydrogens is 414 g/mol. The van der Waals surface area contributed by atoms with Crippen LogP contribution in [0.5, 0.6) is 0 Å². The molecule has 3 rings (SSSR count). The fourth-order valence-electron chi connectivity index (χ4n) is 3.32. The SMILES string of the molecule is CC(C)(C)OC(=O)C[C@H]1C[C@@H](CS(=O)(=O)c2nc3ccccc3s2)OC(C)(C)O1. The van der Waals surface area contributed by atoms with Gasteiger partial charge in [-0.1, -0.05) is 12.1 Å². The number of para-hydroxylation sites is 1. The molecule has 29 heavy (non-hydrogen) atoms. The molecule has 0 amide bonds. The van der Waals surface area contributed by atoms with Crippen molar-refractivity contribution in [2.45, 2.75) is 75.4 Å². The van der Waals surface area contributed by atoms with Crippen LogP contribution in [0.4, 0.5) is 0 Å². The van der Waals surface area contributed by atoms with E-state index in [1.54, 1.807) is 40.7 Å². The van der Waals surface area contributed by atoms with E-state index in [-0.39, 0.29) is 28.9 Å². The number of aromatic nitrogens is 1. The predicted octanol–water partition coefficient (Wildman–Crippen LogP) is 3.71. The molecule has 1 saturated heterocycles. The first-order valence-electron chi connectivity index (χ1n) is 9.49. The maximum Gasteiger partial charge on any atom is 0.308 e. The van der Waals surface area contributed by atoms with E-state index in [2.05, 4.69) is 4.98 Å². The van der Waals surface area contributed by atoms with Crippen LogP contribution in [-0.2, 0) is 28.8 Å². The minimum atomic E-state index is -3.64. The highest BCUT2D eigenvalue weighted by Gasteiger charge is 2.39. The molecule has 0 spiro atoms. The van der Waals surface area contributed by atoms with Gasteiger partial charge in [0.15, 0.2) is 5.79 Å². The molecule has 0 saturated carbocycles. The van der Waals surface area contributed by atoms with Crippen molar-refractivity contribution in [3.8, 4) is 0 Å². The van der Waals surface area contributed by atoms with Crippen molar-refractivity contribution in [1.29, 1.82) is 0 Å². The van der Waals surface area contributed by atoms with E-state index in [0.717, 1.165) is 16.0 Å². The van der Waals surface area contributed by atoms with Gasteiger partial charge in [-0.25, -0.2) is 13.4 Å². The second-order valence-electron chi connectivity index (χ2n) is 8.63. The standard InChI is InChI=1S/C20H27NO6S2/c1-19(2,3)27-17(22)11-13-10-14(26-20(4,5)25-13)12-29(23,24)18-21-15-8-6-7-9-16(15)28-18/h6-9,13-14H,10-12H2,1-5H3/t13-,14+/m1/s1. The lowest BCUT2D eigenvalue weighted by atomic mass is 10.1. The van der Waals surface area contributed by atoms with E-state index >= 15 is 0 Å². The highest BCUT2D eigenvalue weighted by atomic mass is 32.2. The smallest absolute Gasteiger partial charge is 0.308 e. The van der Waals surface area contributed by atoms with E-state index in [0.29, 0.717) is 5.52 Å². The van der Waals surface area contributed by atoms with Crippen molar-refractivity contribution in [2.24, 2.45) is 0 Å². The number of esters is 1. The van der Waals surface area contributed by atoms with Crippen LogP contribution in [0, 0.1) is 0 Å². The average Bonchev–Trinajstić information content (AvgIpc) is 2.95. The quantitative estimate of drug-likeness (QED) is 0.653. The van der Waals surface area contributed by atoms with E-state index < -0.39 is 33.4 Å². The molecule has 1 aliphatic rings. The highest BCUT2D eigenvalue weighted by molar-refractivity contribution is 7.93. The lowest BCUT2D eigenvalue weighted by molar-refractivity contribution is -0.295. The lowest BCUT2D eigenvalue weighted by Crippen LogP contribution is -2.47. The summed E-state index contributed by atoms with van der Waals surface area (Å²) in [6.45, 7) is 8.82. The van der Waals surface area contributed by atoms with E-state index in [4.69, 9.17) is 14.2 Å². The first-order chi connectivity index (χ1) is 13.3. The zero-order valence-electron chi connectivity index (χ0n) is 17.3. The first kappa shape index (κ1) is 22.1. The Hall–Kier alpha value is -1.55. The second kappa shape index (κ2) is 7.94. The number of hydrogen-bond donors (Lipinski definition) is 0. The number of benzene rings is 1. The maximum atomic E-state index is 12.9. The summed E-state index contributed by atoms with van der Waals surface area (Å²) in [5, 5.41) is 0. The Balaban J connectivity index is 1.72. The van der Waals surface area contributed by atoms with Crippen molar-refractivity contribution in [3.63, 3.8) is 0 Å². The van der Waals surface area contributed by atoms with Crippen molar-refractivity contribution in [3.05, 3.63) is 24.3 Å². The molecule has 1 aromatic carbocycles. The summed E-state index contributed by atoms with van der Waals surface area (Å²) in [6, 6.07) is 7.30. The van der Waals surface area contributed by atoms with Crippen LogP contribution < -0.4 is 0 Å². The minimum Gasteiger partial charge on any atom is -0.460 e. The van der Waals surface area contributed by atoms with E-state index in [1.807, 2.05) is 18.2 Å². The Morgan fingerprint density at radius 3 is 2.55 bits per heavy atom. The van der Waals surface area contributed by atoms with Gasteiger partial charge in [-0.15, -0.1) is 11.3 Å². The zero-order valence-corrected chi connectivity index (χ0v) is 18.9. The fourth-order valence-corrected chi connectivity index (χ4v) is 6.07. The minimum absolute atomic E-state index is 0.0434. The number of carbonyl (C=O) groups excluding carboxylic acids is 1. The molecule has 160 valence electrons. The second-order valence-corrected chi connectivity index (χ2v) is 11.9. The topological polar surface area (TPSA) is 91.8 Å². The van der Waals surface area contributed by atoms with Crippen LogP contribution in [0.2, 0.25) is 0 Å². The van der Waals surface area contributed by atoms with Crippen LogP contribution in [-0.4, -0.2) is 48.7 Å². The predicted molar refractivity (Wildman–Crippen MR) is 111 cm³/mol. The van der Waals surface area contributed by atoms with Gasteiger partial charge in [0.2, 0.25) is 14.2 Å². The summed E-state index contributed by atoms with van der Waals surface area (Å²) in [5.41, 5.74) is 0.0694. The Kier molecular flexibility index (Phi) is 6.06. The number of hydrogen-bond acceptors (Lipinski definition) is 8. The number of sulfone groups is 1. The third-order valence-electron chi connectivity index (χ3n) is 4.19. The molecule has 1 fully saturated rings. The van der Waals surface area contributed by atoms with Crippen molar-refractivity contribution < 1.29 is 27.4 Å². The Morgan fingerprint density at radius 1 is 1.24 bits per heavy atom. The Bertz CT molecular complexity index is 957. The third kappa shape index (κ3) is 5.97. The largest absolute Gasteiger partial charge is 0.460 e. The number of nitrogens with zero attached hydrogens (tertiary/aromatic N) is 1. The average molecular weight is 442 g/mol. The Labute approximate surface area is 175 Å². The zero-order chi connectivity index (χ0) is 21.4. The van der Waals surface area contributed by atoms with Gasteiger partial charge in [0.1, 0.15) is 5.60 Å². The molecule has 0 unspecified atom stereocenters. The molecule has 1 aromatic heterocycles. The van der Waals surface area contributed by atoms with Crippen LogP contribution in [0.25, 0.3) is 10.2 Å². The van der Waals surface area contributed by atoms with Crippen LogP contribution in [0.3, 0.4) is 0 Å². The Morgan fingerprint density at radius 2 is 1.90 bits per heavy atom. The van der Waals surface area contributed by atoms with Crippen LogP contribution >= 0.6 is 11.3 Å². The normalized spacial score (nSPS) is 22.5. The molecule has 9 heteroatoms. The highest BCUT2D eigenvalue weighted by Crippen LogP contribution is 2.32. The van der Waals surface area contributed by atoms with Gasteiger partial charge in [0, 0.05) is 6.42 Å². The molecule has 0 radical (unpaired) electrons. The molecule has 7 nitrogen and oxygen atoms in total. The van der Waals surface area contributed by atoms with E-state index in [9.17, 15) is 13.2 Å². The molecule has 2 atom stereocenters. The number of ether oxygens (including phenoxy) is 3. The van der Waals surface area contributed by atoms with Gasteiger partial charge in [0.05, 0.1) is 34.6 Å². The summed E-state index contributed by atoms with van der Waals surface area (Å²) in [7, 11) is -3.64. The molecule has 2 aromatic rings. The number of rotatable bonds is 5. The lowest BCUT2D eigenvalue weighted by Gasteiger charge is -2.40. The molecule has 0 N–H and O–H groups in total. The van der Waals surface area contributed by atoms with E-state index in [1.165, 1.54) is 0 Å². The maximum absolute atomic E-state index is 12.9. The monoisotopic (exact) mass is 441 g/mol. The van der Waals surface area contributed by atoms with Crippen molar-refractivity contribution in [2.75, 3.05) is 5.75 Å². The van der Waals surface area contributed by atoms with Gasteiger partial charge >= 0.3 is 5.97 Å². The molecule has 2 heterocycles. The first-order valence-corrected chi connectivity index (χ1v) is 12.0. The number of fused-ring (bicyclic) bond motifs is 1. The summed E-state index contributed by atoms with van der Waals surface area (Å²) in [6.07, 6.45) is -0.762. The molecular formula is C20H27NO6S2. The fraction of sp³-hybridized carbons (Fsp3) is 0.600. The van der Waals surface area contributed by atoms with Gasteiger partial charge in [0.25, 0.3) is 0 Å².